The number of halogens is 1. The van der Waals surface area contributed by atoms with Gasteiger partial charge in [-0.2, -0.15) is 5.10 Å². The maximum atomic E-state index is 12.5. The molecule has 8 heteroatoms. The second kappa shape index (κ2) is 8.04. The molecule has 4 heterocycles. The van der Waals surface area contributed by atoms with Gasteiger partial charge in [-0.05, 0) is 52.2 Å². The third-order valence-electron chi connectivity index (χ3n) is 5.07. The van der Waals surface area contributed by atoms with Gasteiger partial charge in [-0.3, -0.25) is 9.69 Å². The minimum absolute atomic E-state index is 0.123. The minimum Gasteiger partial charge on any atom is -0.343 e. The predicted molar refractivity (Wildman–Crippen MR) is 116 cm³/mol. The zero-order chi connectivity index (χ0) is 25.5. The molecule has 0 radical (unpaired) electrons. The highest BCUT2D eigenvalue weighted by molar-refractivity contribution is 9.10. The lowest BCUT2D eigenvalue weighted by Gasteiger charge is -2.26. The van der Waals surface area contributed by atoms with Crippen molar-refractivity contribution in [3.63, 3.8) is 0 Å². The summed E-state index contributed by atoms with van der Waals surface area (Å²) >= 11 is 3.58. The summed E-state index contributed by atoms with van der Waals surface area (Å²) in [5, 5.41) is 8.95. The van der Waals surface area contributed by atoms with Crippen LogP contribution in [0.5, 0.6) is 0 Å². The first-order valence-electron chi connectivity index (χ1n) is 12.1. The molecular weight excluding hydrogens is 432 g/mol. The van der Waals surface area contributed by atoms with Gasteiger partial charge in [0.25, 0.3) is 5.91 Å². The topological polar surface area (TPSA) is 67.2 Å². The summed E-state index contributed by atoms with van der Waals surface area (Å²) in [7, 11) is 2.00. The van der Waals surface area contributed by atoms with E-state index in [1.807, 2.05) is 19.2 Å². The Morgan fingerprint density at radius 2 is 2.17 bits per heavy atom. The molecule has 1 amide bonds. The van der Waals surface area contributed by atoms with Gasteiger partial charge in [0.15, 0.2) is 5.69 Å². The number of rotatable bonds is 4. The van der Waals surface area contributed by atoms with Crippen LogP contribution >= 0.6 is 15.9 Å². The van der Waals surface area contributed by atoms with Crippen LogP contribution in [0.1, 0.15) is 36.5 Å². The quantitative estimate of drug-likeness (QED) is 0.598. The van der Waals surface area contributed by atoms with E-state index in [0.717, 1.165) is 39.9 Å². The molecular formula is C21H23BrN6O. The van der Waals surface area contributed by atoms with Gasteiger partial charge in [-0.15, -0.1) is 5.10 Å². The SMILES string of the molecule is [2H]C([2H])([2H])N(C(=O)c1ccc(C2=CCN(Cc3cc4c(Br)ccnc4n3C)CC2)nn1)C([2H])([2H])[2H]. The van der Waals surface area contributed by atoms with Crippen LogP contribution in [0.4, 0.5) is 0 Å². The van der Waals surface area contributed by atoms with Gasteiger partial charge in [0.05, 0.1) is 5.69 Å². The molecule has 3 aromatic rings. The van der Waals surface area contributed by atoms with Gasteiger partial charge in [-0.1, -0.05) is 6.08 Å². The number of hydrogen-bond acceptors (Lipinski definition) is 5. The fourth-order valence-electron chi connectivity index (χ4n) is 3.44. The molecule has 0 saturated heterocycles. The van der Waals surface area contributed by atoms with E-state index in [0.29, 0.717) is 18.7 Å². The highest BCUT2D eigenvalue weighted by Crippen LogP contribution is 2.27. The number of aromatic nitrogens is 4. The number of carbonyl (C=O) groups is 1. The summed E-state index contributed by atoms with van der Waals surface area (Å²) < 4.78 is 47.4. The third kappa shape index (κ3) is 3.95. The molecule has 1 aliphatic heterocycles. The van der Waals surface area contributed by atoms with Crippen LogP contribution in [0.25, 0.3) is 16.6 Å². The molecule has 7 nitrogen and oxygen atoms in total. The number of hydrogen-bond donors (Lipinski definition) is 0. The smallest absolute Gasteiger partial charge is 0.273 e. The van der Waals surface area contributed by atoms with Crippen LogP contribution in [0.15, 0.2) is 41.0 Å². The maximum Gasteiger partial charge on any atom is 0.273 e. The van der Waals surface area contributed by atoms with Crippen molar-refractivity contribution >= 4 is 38.4 Å². The monoisotopic (exact) mass is 460 g/mol. The first kappa shape index (κ1) is 13.6. The second-order valence-corrected chi connectivity index (χ2v) is 7.74. The number of nitrogens with zero attached hydrogens (tertiary/aromatic N) is 6. The molecule has 0 aromatic carbocycles. The zero-order valence-electron chi connectivity index (χ0n) is 21.8. The Labute approximate surface area is 186 Å². The summed E-state index contributed by atoms with van der Waals surface area (Å²) in [5.41, 5.74) is 3.25. The number of carbonyl (C=O) groups excluding carboxylic acids is 1. The number of aryl methyl sites for hydroxylation is 1. The summed E-state index contributed by atoms with van der Waals surface area (Å²) in [5.74, 6) is -1.22. The molecule has 0 bridgehead atoms. The van der Waals surface area contributed by atoms with Crippen molar-refractivity contribution in [3.8, 4) is 0 Å². The number of fused-ring (bicyclic) bond motifs is 1. The van der Waals surface area contributed by atoms with E-state index in [1.54, 1.807) is 12.3 Å². The Morgan fingerprint density at radius 1 is 1.31 bits per heavy atom. The lowest BCUT2D eigenvalue weighted by atomic mass is 10.0. The van der Waals surface area contributed by atoms with Crippen LogP contribution in [-0.4, -0.2) is 62.5 Å². The molecule has 4 rings (SSSR count). The van der Waals surface area contributed by atoms with E-state index in [1.165, 1.54) is 6.07 Å². The summed E-state index contributed by atoms with van der Waals surface area (Å²) in [4.78, 5) is 19.2. The van der Waals surface area contributed by atoms with Gasteiger partial charge in [0.2, 0.25) is 0 Å². The molecule has 150 valence electrons. The molecule has 0 aliphatic carbocycles. The molecule has 0 N–H and O–H groups in total. The van der Waals surface area contributed by atoms with E-state index in [4.69, 9.17) is 8.22 Å². The molecule has 0 fully saturated rings. The largest absolute Gasteiger partial charge is 0.343 e. The summed E-state index contributed by atoms with van der Waals surface area (Å²) in [6.07, 6.45) is 4.53. The summed E-state index contributed by atoms with van der Waals surface area (Å²) in [6, 6.07) is 6.93. The van der Waals surface area contributed by atoms with Crippen molar-refractivity contribution < 1.29 is 13.0 Å². The van der Waals surface area contributed by atoms with Gasteiger partial charge in [-0.25, -0.2) is 4.98 Å². The number of pyridine rings is 1. The van der Waals surface area contributed by atoms with Crippen LogP contribution in [0, 0.1) is 0 Å². The Balaban J connectivity index is 1.45. The van der Waals surface area contributed by atoms with Crippen molar-refractivity contribution in [3.05, 3.63) is 58.1 Å². The lowest BCUT2D eigenvalue weighted by molar-refractivity contribution is 0.0821. The van der Waals surface area contributed by atoms with Crippen molar-refractivity contribution in [2.45, 2.75) is 13.0 Å². The van der Waals surface area contributed by atoms with E-state index in [9.17, 15) is 4.79 Å². The summed E-state index contributed by atoms with van der Waals surface area (Å²) in [6.45, 7) is -4.03. The van der Waals surface area contributed by atoms with Crippen molar-refractivity contribution in [2.75, 3.05) is 27.0 Å². The van der Waals surface area contributed by atoms with Crippen molar-refractivity contribution in [1.29, 1.82) is 0 Å². The average Bonchev–Trinajstić information content (AvgIpc) is 3.09. The van der Waals surface area contributed by atoms with Gasteiger partial charge in [0, 0.05) is 70.6 Å². The highest BCUT2D eigenvalue weighted by atomic mass is 79.9. The fraction of sp³-hybridized carbons (Fsp3) is 0.333. The fourth-order valence-corrected chi connectivity index (χ4v) is 3.85. The lowest BCUT2D eigenvalue weighted by Crippen LogP contribution is -2.29. The van der Waals surface area contributed by atoms with E-state index < -0.39 is 19.9 Å². The van der Waals surface area contributed by atoms with E-state index >= 15 is 0 Å². The first-order valence-corrected chi connectivity index (χ1v) is 9.84. The van der Waals surface area contributed by atoms with Gasteiger partial charge < -0.3 is 9.47 Å². The molecule has 0 spiro atoms. The van der Waals surface area contributed by atoms with Gasteiger partial charge >= 0.3 is 0 Å². The van der Waals surface area contributed by atoms with Crippen molar-refractivity contribution in [2.24, 2.45) is 7.05 Å². The number of amides is 1. The van der Waals surface area contributed by atoms with Crippen LogP contribution < -0.4 is 0 Å². The van der Waals surface area contributed by atoms with Crippen molar-refractivity contribution in [1.82, 2.24) is 29.5 Å². The average molecular weight is 461 g/mol. The molecule has 0 atom stereocenters. The normalized spacial score (nSPS) is 18.8. The molecule has 0 unspecified atom stereocenters. The predicted octanol–water partition coefficient (Wildman–Crippen LogP) is 3.12. The first-order chi connectivity index (χ1) is 16.4. The second-order valence-electron chi connectivity index (χ2n) is 6.88. The van der Waals surface area contributed by atoms with Crippen LogP contribution in [0.2, 0.25) is 0 Å². The Bertz CT molecular complexity index is 1270. The minimum atomic E-state index is -3.13. The van der Waals surface area contributed by atoms with E-state index in [-0.39, 0.29) is 10.6 Å². The Kier molecular flexibility index (Phi) is 3.77. The Hall–Kier alpha value is -2.58. The molecule has 3 aromatic heterocycles. The maximum absolute atomic E-state index is 12.5. The molecule has 0 saturated carbocycles. The van der Waals surface area contributed by atoms with Crippen LogP contribution in [0.3, 0.4) is 0 Å². The standard InChI is InChI=1S/C21H23BrN6O/c1-26(2)21(29)19-5-4-18(24-25-19)14-7-10-28(11-8-14)13-15-12-16-17(22)6-9-23-20(16)27(15)3/h4-7,9,12H,8,10-11,13H2,1-3H3/i1D3,2D3. The van der Waals surface area contributed by atoms with Gasteiger partial charge in [0.1, 0.15) is 5.65 Å². The third-order valence-corrected chi connectivity index (χ3v) is 5.76. The molecule has 29 heavy (non-hydrogen) atoms. The highest BCUT2D eigenvalue weighted by Gasteiger charge is 2.18. The van der Waals surface area contributed by atoms with E-state index in [2.05, 4.69) is 46.6 Å². The molecule has 1 aliphatic rings. The van der Waals surface area contributed by atoms with Crippen LogP contribution in [-0.2, 0) is 13.6 Å². The Morgan fingerprint density at radius 3 is 2.83 bits per heavy atom. The zero-order valence-corrected chi connectivity index (χ0v) is 17.3.